The predicted molar refractivity (Wildman–Crippen MR) is 74.0 cm³/mol. The molecular formula is C15H31NO. The first kappa shape index (κ1) is 15.0. The topological polar surface area (TPSA) is 32.3 Å². The van der Waals surface area contributed by atoms with E-state index < -0.39 is 0 Å². The lowest BCUT2D eigenvalue weighted by atomic mass is 9.72. The van der Waals surface area contributed by atoms with Gasteiger partial charge >= 0.3 is 0 Å². The normalized spacial score (nSPS) is 27.4. The maximum absolute atomic E-state index is 9.52. The largest absolute Gasteiger partial charge is 0.396 e. The lowest BCUT2D eigenvalue weighted by Gasteiger charge is -2.34. The standard InChI is InChI=1S/C15H31NO/c1-4-16-10-9-15(11-17)14-7-5-13(6-8-14)12(2)3/h12-17H,4-11H2,1-3H3. The zero-order valence-electron chi connectivity index (χ0n) is 11.9. The van der Waals surface area contributed by atoms with Crippen LogP contribution in [0.2, 0.25) is 0 Å². The number of rotatable bonds is 7. The summed E-state index contributed by atoms with van der Waals surface area (Å²) in [6.45, 7) is 9.31. The second kappa shape index (κ2) is 8.10. The minimum Gasteiger partial charge on any atom is -0.396 e. The Morgan fingerprint density at radius 2 is 1.71 bits per heavy atom. The number of hydrogen-bond donors (Lipinski definition) is 2. The zero-order chi connectivity index (χ0) is 12.7. The molecule has 1 rings (SSSR count). The molecule has 1 fully saturated rings. The first-order valence-electron chi connectivity index (χ1n) is 7.50. The summed E-state index contributed by atoms with van der Waals surface area (Å²) in [5.41, 5.74) is 0. The molecule has 0 aliphatic heterocycles. The van der Waals surface area contributed by atoms with Crippen LogP contribution in [-0.4, -0.2) is 24.8 Å². The molecule has 0 aromatic rings. The summed E-state index contributed by atoms with van der Waals surface area (Å²) in [6, 6.07) is 0. The molecule has 1 atom stereocenters. The molecule has 1 unspecified atom stereocenters. The van der Waals surface area contributed by atoms with Crippen LogP contribution < -0.4 is 5.32 Å². The molecule has 0 amide bonds. The summed E-state index contributed by atoms with van der Waals surface area (Å²) in [5, 5.41) is 12.9. The highest BCUT2D eigenvalue weighted by Crippen LogP contribution is 2.37. The third-order valence-corrected chi connectivity index (χ3v) is 4.60. The summed E-state index contributed by atoms with van der Waals surface area (Å²) in [6.07, 6.45) is 6.56. The van der Waals surface area contributed by atoms with Gasteiger partial charge in [-0.3, -0.25) is 0 Å². The van der Waals surface area contributed by atoms with Gasteiger partial charge in [-0.15, -0.1) is 0 Å². The molecule has 0 heterocycles. The lowest BCUT2D eigenvalue weighted by molar-refractivity contribution is 0.114. The molecule has 0 radical (unpaired) electrons. The highest BCUT2D eigenvalue weighted by Gasteiger charge is 2.27. The van der Waals surface area contributed by atoms with E-state index in [4.69, 9.17) is 0 Å². The van der Waals surface area contributed by atoms with Gasteiger partial charge in [-0.1, -0.05) is 20.8 Å². The van der Waals surface area contributed by atoms with Gasteiger partial charge < -0.3 is 10.4 Å². The Hall–Kier alpha value is -0.0800. The van der Waals surface area contributed by atoms with Crippen LogP contribution in [0.4, 0.5) is 0 Å². The number of aliphatic hydroxyl groups excluding tert-OH is 1. The highest BCUT2D eigenvalue weighted by atomic mass is 16.3. The zero-order valence-corrected chi connectivity index (χ0v) is 11.9. The summed E-state index contributed by atoms with van der Waals surface area (Å²) < 4.78 is 0. The number of aliphatic hydroxyl groups is 1. The van der Waals surface area contributed by atoms with E-state index in [0.29, 0.717) is 12.5 Å². The number of hydrogen-bond acceptors (Lipinski definition) is 2. The average Bonchev–Trinajstić information content (AvgIpc) is 2.35. The van der Waals surface area contributed by atoms with Crippen LogP contribution in [0.15, 0.2) is 0 Å². The number of nitrogens with one attached hydrogen (secondary N) is 1. The van der Waals surface area contributed by atoms with E-state index in [9.17, 15) is 5.11 Å². The molecule has 0 aromatic carbocycles. The second-order valence-corrected chi connectivity index (χ2v) is 6.00. The van der Waals surface area contributed by atoms with Gasteiger partial charge in [0.05, 0.1) is 0 Å². The Morgan fingerprint density at radius 1 is 1.12 bits per heavy atom. The molecule has 102 valence electrons. The fraction of sp³-hybridized carbons (Fsp3) is 1.00. The van der Waals surface area contributed by atoms with E-state index in [1.807, 2.05) is 0 Å². The van der Waals surface area contributed by atoms with Crippen molar-refractivity contribution < 1.29 is 5.11 Å². The SMILES string of the molecule is CCNCCC(CO)C1CCC(C(C)C)CC1. The van der Waals surface area contributed by atoms with Gasteiger partial charge in [0.25, 0.3) is 0 Å². The van der Waals surface area contributed by atoms with Crippen molar-refractivity contribution in [1.82, 2.24) is 5.32 Å². The van der Waals surface area contributed by atoms with Crippen molar-refractivity contribution in [3.05, 3.63) is 0 Å². The van der Waals surface area contributed by atoms with E-state index >= 15 is 0 Å². The van der Waals surface area contributed by atoms with Gasteiger partial charge in [0.2, 0.25) is 0 Å². The van der Waals surface area contributed by atoms with Crippen molar-refractivity contribution in [2.24, 2.45) is 23.7 Å². The van der Waals surface area contributed by atoms with Gasteiger partial charge in [0.1, 0.15) is 0 Å². The lowest BCUT2D eigenvalue weighted by Crippen LogP contribution is -2.28. The van der Waals surface area contributed by atoms with E-state index in [1.165, 1.54) is 25.7 Å². The van der Waals surface area contributed by atoms with E-state index in [0.717, 1.165) is 37.3 Å². The molecule has 2 N–H and O–H groups in total. The van der Waals surface area contributed by atoms with Crippen molar-refractivity contribution in [3.8, 4) is 0 Å². The van der Waals surface area contributed by atoms with Crippen molar-refractivity contribution in [2.45, 2.75) is 52.9 Å². The maximum Gasteiger partial charge on any atom is 0.0462 e. The molecule has 1 saturated carbocycles. The molecule has 0 aromatic heterocycles. The monoisotopic (exact) mass is 241 g/mol. The average molecular weight is 241 g/mol. The van der Waals surface area contributed by atoms with Crippen LogP contribution in [-0.2, 0) is 0 Å². The Bertz CT molecular complexity index is 185. The minimum atomic E-state index is 0.377. The Kier molecular flexibility index (Phi) is 7.14. The summed E-state index contributed by atoms with van der Waals surface area (Å²) in [4.78, 5) is 0. The van der Waals surface area contributed by atoms with E-state index in [2.05, 4.69) is 26.1 Å². The Balaban J connectivity index is 2.29. The predicted octanol–water partition coefficient (Wildman–Crippen LogP) is 3.06. The van der Waals surface area contributed by atoms with Gasteiger partial charge in [-0.2, -0.15) is 0 Å². The van der Waals surface area contributed by atoms with Crippen molar-refractivity contribution in [1.29, 1.82) is 0 Å². The van der Waals surface area contributed by atoms with Gasteiger partial charge in [-0.05, 0) is 68.9 Å². The molecular weight excluding hydrogens is 210 g/mol. The summed E-state index contributed by atoms with van der Waals surface area (Å²) in [7, 11) is 0. The molecule has 0 bridgehead atoms. The Morgan fingerprint density at radius 3 is 2.18 bits per heavy atom. The fourth-order valence-corrected chi connectivity index (χ4v) is 3.22. The van der Waals surface area contributed by atoms with Crippen LogP contribution in [0, 0.1) is 23.7 Å². The summed E-state index contributed by atoms with van der Waals surface area (Å²) >= 11 is 0. The van der Waals surface area contributed by atoms with E-state index in [-0.39, 0.29) is 0 Å². The van der Waals surface area contributed by atoms with Crippen molar-refractivity contribution in [3.63, 3.8) is 0 Å². The van der Waals surface area contributed by atoms with Crippen molar-refractivity contribution in [2.75, 3.05) is 19.7 Å². The van der Waals surface area contributed by atoms with Crippen molar-refractivity contribution >= 4 is 0 Å². The Labute approximate surface area is 107 Å². The van der Waals surface area contributed by atoms with Crippen LogP contribution >= 0.6 is 0 Å². The third kappa shape index (κ3) is 4.97. The first-order valence-corrected chi connectivity index (χ1v) is 7.50. The van der Waals surface area contributed by atoms with Crippen LogP contribution in [0.5, 0.6) is 0 Å². The van der Waals surface area contributed by atoms with Gasteiger partial charge in [0.15, 0.2) is 0 Å². The quantitative estimate of drug-likeness (QED) is 0.671. The highest BCUT2D eigenvalue weighted by molar-refractivity contribution is 4.79. The summed E-state index contributed by atoms with van der Waals surface area (Å²) in [5.74, 6) is 3.07. The second-order valence-electron chi connectivity index (χ2n) is 6.00. The van der Waals surface area contributed by atoms with Crippen LogP contribution in [0.1, 0.15) is 52.9 Å². The molecule has 2 nitrogen and oxygen atoms in total. The molecule has 1 aliphatic carbocycles. The van der Waals surface area contributed by atoms with Gasteiger partial charge in [0, 0.05) is 6.61 Å². The maximum atomic E-state index is 9.52. The van der Waals surface area contributed by atoms with Crippen LogP contribution in [0.3, 0.4) is 0 Å². The third-order valence-electron chi connectivity index (χ3n) is 4.60. The molecule has 0 saturated heterocycles. The molecule has 0 spiro atoms. The fourth-order valence-electron chi connectivity index (χ4n) is 3.22. The molecule has 17 heavy (non-hydrogen) atoms. The smallest absolute Gasteiger partial charge is 0.0462 e. The first-order chi connectivity index (χ1) is 8.19. The molecule has 2 heteroatoms. The minimum absolute atomic E-state index is 0.377. The van der Waals surface area contributed by atoms with Gasteiger partial charge in [-0.25, -0.2) is 0 Å². The van der Waals surface area contributed by atoms with E-state index in [1.54, 1.807) is 0 Å². The van der Waals surface area contributed by atoms with Crippen LogP contribution in [0.25, 0.3) is 0 Å². The molecule has 1 aliphatic rings.